The van der Waals surface area contributed by atoms with Crippen LogP contribution < -0.4 is 0 Å². The van der Waals surface area contributed by atoms with E-state index in [1.54, 1.807) is 6.08 Å². The van der Waals surface area contributed by atoms with E-state index in [2.05, 4.69) is 0 Å². The Balaban J connectivity index is 2.88. The van der Waals surface area contributed by atoms with E-state index in [-0.39, 0.29) is 12.4 Å². The first-order valence-electron chi connectivity index (χ1n) is 4.16. The number of carbonyl (C=O) groups is 1. The van der Waals surface area contributed by atoms with Crippen molar-refractivity contribution < 1.29 is 9.90 Å². The Kier molecular flexibility index (Phi) is 2.82. The van der Waals surface area contributed by atoms with E-state index in [0.29, 0.717) is 0 Å². The summed E-state index contributed by atoms with van der Waals surface area (Å²) in [6, 6.07) is 0. The molecule has 66 valence electrons. The number of ketones is 1. The Morgan fingerprint density at radius 1 is 1.50 bits per heavy atom. The Labute approximate surface area is 72.6 Å². The number of allylic oxidation sites excluding steroid dienone is 3. The van der Waals surface area contributed by atoms with E-state index < -0.39 is 0 Å². The average Bonchev–Trinajstić information content (AvgIpc) is 2.03. The molecule has 0 unspecified atom stereocenters. The predicted molar refractivity (Wildman–Crippen MR) is 47.8 cm³/mol. The summed E-state index contributed by atoms with van der Waals surface area (Å²) >= 11 is 0. The third kappa shape index (κ3) is 1.83. The molecule has 0 aliphatic heterocycles. The number of aliphatic hydroxyl groups is 1. The van der Waals surface area contributed by atoms with Crippen LogP contribution in [0.5, 0.6) is 0 Å². The van der Waals surface area contributed by atoms with Crippen LogP contribution in [0, 0.1) is 0 Å². The van der Waals surface area contributed by atoms with Crippen LogP contribution in [0.25, 0.3) is 0 Å². The lowest BCUT2D eigenvalue weighted by Crippen LogP contribution is -2.10. The minimum atomic E-state index is 0.0157. The van der Waals surface area contributed by atoms with Gasteiger partial charge in [0.2, 0.25) is 0 Å². The van der Waals surface area contributed by atoms with Crippen molar-refractivity contribution in [1.82, 2.24) is 0 Å². The van der Waals surface area contributed by atoms with Gasteiger partial charge in [0, 0.05) is 0 Å². The highest BCUT2D eigenvalue weighted by Gasteiger charge is 2.15. The lowest BCUT2D eigenvalue weighted by Gasteiger charge is -2.14. The molecule has 0 amide bonds. The zero-order chi connectivity index (χ0) is 9.14. The predicted octanol–water partition coefficient (Wildman–Crippen LogP) is 1.60. The number of rotatable bonds is 1. The summed E-state index contributed by atoms with van der Waals surface area (Å²) in [5, 5.41) is 8.80. The molecule has 0 aromatic carbocycles. The van der Waals surface area contributed by atoms with E-state index in [9.17, 15) is 4.79 Å². The molecule has 0 atom stereocenters. The second-order valence-electron chi connectivity index (χ2n) is 3.30. The smallest absolute Gasteiger partial charge is 0.181 e. The first-order valence-corrected chi connectivity index (χ1v) is 4.16. The van der Waals surface area contributed by atoms with Gasteiger partial charge in [0.05, 0.1) is 6.61 Å². The van der Waals surface area contributed by atoms with Crippen molar-refractivity contribution in [3.8, 4) is 0 Å². The molecule has 0 fully saturated rings. The maximum absolute atomic E-state index is 11.4. The summed E-state index contributed by atoms with van der Waals surface area (Å²) in [7, 11) is 0. The minimum Gasteiger partial charge on any atom is -0.392 e. The summed E-state index contributed by atoms with van der Waals surface area (Å²) < 4.78 is 0. The van der Waals surface area contributed by atoms with Gasteiger partial charge in [0.25, 0.3) is 0 Å². The number of carbonyl (C=O) groups excluding carboxylic acids is 1. The fraction of sp³-hybridized carbons (Fsp3) is 0.500. The van der Waals surface area contributed by atoms with Crippen LogP contribution in [0.3, 0.4) is 0 Å². The first-order chi connectivity index (χ1) is 5.65. The summed E-state index contributed by atoms with van der Waals surface area (Å²) in [6.45, 7) is 3.91. The van der Waals surface area contributed by atoms with Gasteiger partial charge in [-0.25, -0.2) is 0 Å². The van der Waals surface area contributed by atoms with Crippen LogP contribution in [0.1, 0.15) is 26.7 Å². The lowest BCUT2D eigenvalue weighted by atomic mass is 9.91. The molecule has 0 aromatic rings. The molecule has 1 aliphatic rings. The third-order valence-corrected chi connectivity index (χ3v) is 2.14. The molecule has 0 spiro atoms. The van der Waals surface area contributed by atoms with Crippen LogP contribution in [0.2, 0.25) is 0 Å². The molecule has 12 heavy (non-hydrogen) atoms. The molecular formula is C10H14O2. The van der Waals surface area contributed by atoms with Crippen LogP contribution in [-0.4, -0.2) is 17.5 Å². The molecule has 0 bridgehead atoms. The second kappa shape index (κ2) is 3.68. The summed E-state index contributed by atoms with van der Waals surface area (Å²) in [6.07, 6.45) is 3.17. The summed E-state index contributed by atoms with van der Waals surface area (Å²) in [4.78, 5) is 11.4. The SMILES string of the molecule is CC(C)=C1CCC(CO)=CC1=O. The zero-order valence-electron chi connectivity index (χ0n) is 7.55. The lowest BCUT2D eigenvalue weighted by molar-refractivity contribution is -0.111. The fourth-order valence-electron chi connectivity index (χ4n) is 1.37. The highest BCUT2D eigenvalue weighted by atomic mass is 16.3. The molecule has 0 aromatic heterocycles. The van der Waals surface area contributed by atoms with Gasteiger partial charge < -0.3 is 5.11 Å². The average molecular weight is 166 g/mol. The summed E-state index contributed by atoms with van der Waals surface area (Å²) in [5.41, 5.74) is 2.85. The molecule has 2 heteroatoms. The van der Waals surface area contributed by atoms with Crippen molar-refractivity contribution in [2.24, 2.45) is 0 Å². The third-order valence-electron chi connectivity index (χ3n) is 2.14. The van der Waals surface area contributed by atoms with Gasteiger partial charge in [-0.3, -0.25) is 4.79 Å². The Bertz CT molecular complexity index is 255. The van der Waals surface area contributed by atoms with Crippen molar-refractivity contribution in [2.75, 3.05) is 6.61 Å². The van der Waals surface area contributed by atoms with E-state index in [0.717, 1.165) is 29.6 Å². The molecular weight excluding hydrogens is 152 g/mol. The molecule has 1 aliphatic carbocycles. The maximum atomic E-state index is 11.4. The standard InChI is InChI=1S/C10H14O2/c1-7(2)9-4-3-8(6-11)5-10(9)12/h5,11H,3-4,6H2,1-2H3. The van der Waals surface area contributed by atoms with Gasteiger partial charge in [-0.2, -0.15) is 0 Å². The number of hydrogen-bond donors (Lipinski definition) is 1. The Morgan fingerprint density at radius 3 is 2.58 bits per heavy atom. The molecule has 2 nitrogen and oxygen atoms in total. The van der Waals surface area contributed by atoms with Crippen molar-refractivity contribution in [2.45, 2.75) is 26.7 Å². The Hall–Kier alpha value is -0.890. The molecule has 0 heterocycles. The molecule has 0 saturated heterocycles. The highest BCUT2D eigenvalue weighted by molar-refractivity contribution is 6.05. The monoisotopic (exact) mass is 166 g/mol. The molecule has 0 saturated carbocycles. The quantitative estimate of drug-likeness (QED) is 0.601. The van der Waals surface area contributed by atoms with Crippen LogP contribution in [0.15, 0.2) is 22.8 Å². The molecule has 0 radical (unpaired) electrons. The topological polar surface area (TPSA) is 37.3 Å². The van der Waals surface area contributed by atoms with Gasteiger partial charge in [0.15, 0.2) is 5.78 Å². The number of aliphatic hydroxyl groups excluding tert-OH is 1. The van der Waals surface area contributed by atoms with Crippen LogP contribution in [0.4, 0.5) is 0 Å². The fourth-order valence-corrected chi connectivity index (χ4v) is 1.37. The first kappa shape index (κ1) is 9.20. The van der Waals surface area contributed by atoms with Gasteiger partial charge in [0.1, 0.15) is 0 Å². The van der Waals surface area contributed by atoms with Gasteiger partial charge in [-0.1, -0.05) is 5.57 Å². The van der Waals surface area contributed by atoms with Gasteiger partial charge in [-0.05, 0) is 43.9 Å². The van der Waals surface area contributed by atoms with E-state index in [4.69, 9.17) is 5.11 Å². The molecule has 1 N–H and O–H groups in total. The highest BCUT2D eigenvalue weighted by Crippen LogP contribution is 2.22. The normalized spacial score (nSPS) is 17.8. The maximum Gasteiger partial charge on any atom is 0.181 e. The molecule has 1 rings (SSSR count). The number of hydrogen-bond acceptors (Lipinski definition) is 2. The minimum absolute atomic E-state index is 0.0157. The van der Waals surface area contributed by atoms with Crippen molar-refractivity contribution in [3.05, 3.63) is 22.8 Å². The summed E-state index contributed by atoms with van der Waals surface area (Å²) in [5.74, 6) is 0.0744. The van der Waals surface area contributed by atoms with Gasteiger partial charge >= 0.3 is 0 Å². The van der Waals surface area contributed by atoms with Crippen molar-refractivity contribution in [3.63, 3.8) is 0 Å². The van der Waals surface area contributed by atoms with Crippen molar-refractivity contribution in [1.29, 1.82) is 0 Å². The Morgan fingerprint density at radius 2 is 2.17 bits per heavy atom. The van der Waals surface area contributed by atoms with Crippen LogP contribution in [-0.2, 0) is 4.79 Å². The largest absolute Gasteiger partial charge is 0.392 e. The van der Waals surface area contributed by atoms with E-state index >= 15 is 0 Å². The zero-order valence-corrected chi connectivity index (χ0v) is 7.55. The van der Waals surface area contributed by atoms with Crippen molar-refractivity contribution >= 4 is 5.78 Å². The van der Waals surface area contributed by atoms with Crippen LogP contribution >= 0.6 is 0 Å². The van der Waals surface area contributed by atoms with Gasteiger partial charge in [-0.15, -0.1) is 0 Å². The van der Waals surface area contributed by atoms with E-state index in [1.807, 2.05) is 13.8 Å². The van der Waals surface area contributed by atoms with E-state index in [1.165, 1.54) is 0 Å². The second-order valence-corrected chi connectivity index (χ2v) is 3.30.